The second kappa shape index (κ2) is 7.28. The zero-order valence-electron chi connectivity index (χ0n) is 11.3. The molecule has 6 heteroatoms. The number of hydrogen-bond acceptors (Lipinski definition) is 4. The zero-order valence-corrected chi connectivity index (χ0v) is 12.1. The molecule has 0 atom stereocenters. The van der Waals surface area contributed by atoms with E-state index in [4.69, 9.17) is 5.73 Å². The van der Waals surface area contributed by atoms with Crippen LogP contribution in [0.4, 0.5) is 5.69 Å². The second-order valence-corrected chi connectivity index (χ2v) is 6.04. The Hall–Kier alpha value is -1.37. The van der Waals surface area contributed by atoms with Gasteiger partial charge in [-0.3, -0.25) is 0 Å². The van der Waals surface area contributed by atoms with Crippen molar-refractivity contribution in [3.63, 3.8) is 0 Å². The Labute approximate surface area is 114 Å². The van der Waals surface area contributed by atoms with Gasteiger partial charge in [-0.25, -0.2) is 13.1 Å². The number of rotatable bonds is 7. The largest absolute Gasteiger partial charge is 0.380 e. The second-order valence-electron chi connectivity index (χ2n) is 4.36. The molecule has 0 saturated carbocycles. The maximum Gasteiger partial charge on any atom is 0.242 e. The fourth-order valence-electron chi connectivity index (χ4n) is 1.57. The summed E-state index contributed by atoms with van der Waals surface area (Å²) in [6, 6.07) is 6.68. The lowest BCUT2D eigenvalue weighted by atomic mass is 10.3. The Morgan fingerprint density at radius 1 is 1.26 bits per heavy atom. The van der Waals surface area contributed by atoms with Crippen LogP contribution in [0.25, 0.3) is 0 Å². The van der Waals surface area contributed by atoms with E-state index in [0.717, 1.165) is 0 Å². The van der Waals surface area contributed by atoms with E-state index in [1.54, 1.807) is 38.1 Å². The minimum atomic E-state index is -3.49. The summed E-state index contributed by atoms with van der Waals surface area (Å²) in [4.78, 5) is 0.254. The van der Waals surface area contributed by atoms with Gasteiger partial charge in [0.25, 0.3) is 0 Å². The maximum atomic E-state index is 12.2. The van der Waals surface area contributed by atoms with Gasteiger partial charge in [-0.15, -0.1) is 0 Å². The highest BCUT2D eigenvalue weighted by atomic mass is 32.2. The van der Waals surface area contributed by atoms with Gasteiger partial charge in [-0.2, -0.15) is 0 Å². The molecule has 1 aromatic carbocycles. The average Bonchev–Trinajstić information content (AvgIpc) is 2.33. The van der Waals surface area contributed by atoms with Crippen molar-refractivity contribution in [2.45, 2.75) is 24.8 Å². The quantitative estimate of drug-likeness (QED) is 0.659. The van der Waals surface area contributed by atoms with Crippen molar-refractivity contribution in [2.24, 2.45) is 5.73 Å². The van der Waals surface area contributed by atoms with Gasteiger partial charge < -0.3 is 11.1 Å². The molecule has 0 unspecified atom stereocenters. The summed E-state index contributed by atoms with van der Waals surface area (Å²) < 4.78 is 26.9. The number of nitrogens with one attached hydrogen (secondary N) is 2. The minimum Gasteiger partial charge on any atom is -0.380 e. The van der Waals surface area contributed by atoms with Gasteiger partial charge >= 0.3 is 0 Å². The van der Waals surface area contributed by atoms with Crippen molar-refractivity contribution in [1.82, 2.24) is 4.72 Å². The molecule has 0 aromatic heterocycles. The third kappa shape index (κ3) is 5.02. The molecular weight excluding hydrogens is 262 g/mol. The first-order valence-corrected chi connectivity index (χ1v) is 7.66. The van der Waals surface area contributed by atoms with E-state index in [2.05, 4.69) is 10.0 Å². The Morgan fingerprint density at radius 2 is 1.95 bits per heavy atom. The van der Waals surface area contributed by atoms with Crippen LogP contribution in [-0.4, -0.2) is 27.5 Å². The van der Waals surface area contributed by atoms with Crippen LogP contribution in [0.1, 0.15) is 13.8 Å². The van der Waals surface area contributed by atoms with Crippen LogP contribution in [0, 0.1) is 0 Å². The van der Waals surface area contributed by atoms with Gasteiger partial charge in [0, 0.05) is 19.1 Å². The van der Waals surface area contributed by atoms with Crippen molar-refractivity contribution >= 4 is 15.7 Å². The molecule has 0 amide bonds. The molecule has 5 nitrogen and oxygen atoms in total. The van der Waals surface area contributed by atoms with Crippen LogP contribution in [0.2, 0.25) is 0 Å². The highest BCUT2D eigenvalue weighted by molar-refractivity contribution is 7.89. The van der Waals surface area contributed by atoms with E-state index in [-0.39, 0.29) is 10.9 Å². The van der Waals surface area contributed by atoms with Crippen LogP contribution in [0.5, 0.6) is 0 Å². The molecule has 19 heavy (non-hydrogen) atoms. The first kappa shape index (κ1) is 15.7. The molecule has 0 spiro atoms. The van der Waals surface area contributed by atoms with Gasteiger partial charge in [0.1, 0.15) is 4.90 Å². The van der Waals surface area contributed by atoms with E-state index < -0.39 is 10.0 Å². The predicted molar refractivity (Wildman–Crippen MR) is 78.6 cm³/mol. The predicted octanol–water partition coefficient (Wildman–Crippen LogP) is 1.30. The van der Waals surface area contributed by atoms with Gasteiger partial charge in [0.15, 0.2) is 0 Å². The van der Waals surface area contributed by atoms with Gasteiger partial charge in [-0.1, -0.05) is 24.3 Å². The summed E-state index contributed by atoms with van der Waals surface area (Å²) in [6.45, 7) is 4.58. The lowest BCUT2D eigenvalue weighted by Crippen LogP contribution is -2.30. The number of benzene rings is 1. The molecule has 0 aliphatic carbocycles. The molecule has 0 fully saturated rings. The third-order valence-electron chi connectivity index (χ3n) is 2.28. The van der Waals surface area contributed by atoms with Crippen LogP contribution in [0.3, 0.4) is 0 Å². The summed E-state index contributed by atoms with van der Waals surface area (Å²) in [5, 5.41) is 3.07. The first-order valence-electron chi connectivity index (χ1n) is 6.17. The van der Waals surface area contributed by atoms with Gasteiger partial charge in [0.2, 0.25) is 10.0 Å². The lowest BCUT2D eigenvalue weighted by Gasteiger charge is -2.14. The Bertz CT molecular complexity index is 524. The number of nitrogens with two attached hydrogens (primary N) is 1. The van der Waals surface area contributed by atoms with E-state index in [9.17, 15) is 8.42 Å². The highest BCUT2D eigenvalue weighted by Crippen LogP contribution is 2.20. The molecule has 106 valence electrons. The Balaban J connectivity index is 2.92. The fourth-order valence-corrected chi connectivity index (χ4v) is 3.00. The lowest BCUT2D eigenvalue weighted by molar-refractivity contribution is 0.570. The highest BCUT2D eigenvalue weighted by Gasteiger charge is 2.18. The topological polar surface area (TPSA) is 84.2 Å². The average molecular weight is 283 g/mol. The monoisotopic (exact) mass is 283 g/mol. The van der Waals surface area contributed by atoms with E-state index >= 15 is 0 Å². The zero-order chi connectivity index (χ0) is 14.3. The Morgan fingerprint density at radius 3 is 2.58 bits per heavy atom. The van der Waals surface area contributed by atoms with E-state index in [0.29, 0.717) is 18.8 Å². The molecule has 0 bridgehead atoms. The van der Waals surface area contributed by atoms with E-state index in [1.807, 2.05) is 12.2 Å². The summed E-state index contributed by atoms with van der Waals surface area (Å²) in [7, 11) is -3.49. The number of sulfonamides is 1. The molecule has 0 aliphatic rings. The van der Waals surface area contributed by atoms with Gasteiger partial charge in [-0.05, 0) is 26.0 Å². The van der Waals surface area contributed by atoms with Crippen LogP contribution < -0.4 is 15.8 Å². The molecule has 0 saturated heterocycles. The minimum absolute atomic E-state index is 0.143. The van der Waals surface area contributed by atoms with E-state index in [1.165, 1.54) is 0 Å². The van der Waals surface area contributed by atoms with Crippen LogP contribution >= 0.6 is 0 Å². The van der Waals surface area contributed by atoms with Crippen molar-refractivity contribution in [3.8, 4) is 0 Å². The SMILES string of the molecule is CC(C)NS(=O)(=O)c1ccccc1NC/C=C/CN. The molecular formula is C13H21N3O2S. The Kier molecular flexibility index (Phi) is 6.01. The molecule has 0 aliphatic heterocycles. The first-order chi connectivity index (χ1) is 8.97. The summed E-state index contributed by atoms with van der Waals surface area (Å²) in [5.74, 6) is 0. The fraction of sp³-hybridized carbons (Fsp3) is 0.385. The summed E-state index contributed by atoms with van der Waals surface area (Å²) >= 11 is 0. The molecule has 1 rings (SSSR count). The third-order valence-corrected chi connectivity index (χ3v) is 4.00. The molecule has 0 radical (unpaired) electrons. The summed E-state index contributed by atoms with van der Waals surface area (Å²) in [6.07, 6.45) is 3.68. The molecule has 4 N–H and O–H groups in total. The molecule has 0 heterocycles. The van der Waals surface area contributed by atoms with Crippen molar-refractivity contribution in [2.75, 3.05) is 18.4 Å². The van der Waals surface area contributed by atoms with Crippen molar-refractivity contribution in [3.05, 3.63) is 36.4 Å². The van der Waals surface area contributed by atoms with Crippen molar-refractivity contribution < 1.29 is 8.42 Å². The number of para-hydroxylation sites is 1. The van der Waals surface area contributed by atoms with Crippen LogP contribution in [-0.2, 0) is 10.0 Å². The maximum absolute atomic E-state index is 12.2. The van der Waals surface area contributed by atoms with Crippen LogP contribution in [0.15, 0.2) is 41.3 Å². The molecule has 1 aromatic rings. The van der Waals surface area contributed by atoms with Gasteiger partial charge in [0.05, 0.1) is 5.69 Å². The standard InChI is InChI=1S/C13H21N3O2S/c1-11(2)16-19(17,18)13-8-4-3-7-12(13)15-10-6-5-9-14/h3-8,11,15-16H,9-10,14H2,1-2H3/b6-5+. The summed E-state index contributed by atoms with van der Waals surface area (Å²) in [5.41, 5.74) is 5.92. The smallest absolute Gasteiger partial charge is 0.242 e. The van der Waals surface area contributed by atoms with Crippen molar-refractivity contribution in [1.29, 1.82) is 0 Å². The normalized spacial score (nSPS) is 12.2. The number of anilines is 1. The number of hydrogen-bond donors (Lipinski definition) is 3.